The van der Waals surface area contributed by atoms with Gasteiger partial charge in [0.1, 0.15) is 5.82 Å². The Morgan fingerprint density at radius 1 is 1.28 bits per heavy atom. The van der Waals surface area contributed by atoms with E-state index < -0.39 is 0 Å². The van der Waals surface area contributed by atoms with Crippen LogP contribution in [0.1, 0.15) is 29.4 Å². The zero-order chi connectivity index (χ0) is 17.2. The summed E-state index contributed by atoms with van der Waals surface area (Å²) in [4.78, 5) is 27.0. The first-order chi connectivity index (χ1) is 12.2. The fraction of sp³-hybridized carbons (Fsp3) is 0.500. The summed E-state index contributed by atoms with van der Waals surface area (Å²) in [5.41, 5.74) is 0. The third-order valence-electron chi connectivity index (χ3n) is 4.93. The van der Waals surface area contributed by atoms with Crippen LogP contribution in [0.4, 0.5) is 5.82 Å². The Bertz CT molecular complexity index is 736. The van der Waals surface area contributed by atoms with Crippen molar-refractivity contribution in [2.24, 2.45) is 5.92 Å². The predicted octanol–water partition coefficient (Wildman–Crippen LogP) is 3.39. The standard InChI is InChI=1S/C18H22N4OS2/c1-2-24-17-6-5-15(25-17)18(23)22-11-13-3-4-14(22)12-21(10-13)16-9-19-7-8-20-16/h5-9,13-14H,2-4,10-12H2,1H3/t13-,14+/m0/s1. The molecule has 0 aromatic carbocycles. The molecule has 3 aliphatic rings. The zero-order valence-corrected chi connectivity index (χ0v) is 15.9. The average molecular weight is 375 g/mol. The molecule has 3 saturated heterocycles. The molecule has 0 radical (unpaired) electrons. The lowest BCUT2D eigenvalue weighted by Gasteiger charge is -2.35. The van der Waals surface area contributed by atoms with Crippen LogP contribution >= 0.6 is 23.1 Å². The number of rotatable bonds is 4. The van der Waals surface area contributed by atoms with Gasteiger partial charge in [-0.3, -0.25) is 9.78 Å². The van der Waals surface area contributed by atoms with Crippen LogP contribution in [0.15, 0.2) is 34.9 Å². The van der Waals surface area contributed by atoms with Crippen LogP contribution in [0.5, 0.6) is 0 Å². The minimum atomic E-state index is 0.198. The number of hydrogen-bond donors (Lipinski definition) is 0. The highest BCUT2D eigenvalue weighted by Crippen LogP contribution is 2.33. The third-order valence-corrected chi connectivity index (χ3v) is 7.11. The number of piperidine rings is 1. The van der Waals surface area contributed by atoms with E-state index in [0.29, 0.717) is 5.92 Å². The molecule has 0 N–H and O–H groups in total. The highest BCUT2D eigenvalue weighted by Gasteiger charge is 2.38. The average Bonchev–Trinajstić information content (AvgIpc) is 2.92. The van der Waals surface area contributed by atoms with Gasteiger partial charge in [0.2, 0.25) is 0 Å². The first kappa shape index (κ1) is 16.8. The smallest absolute Gasteiger partial charge is 0.264 e. The van der Waals surface area contributed by atoms with Crippen molar-refractivity contribution in [1.29, 1.82) is 0 Å². The molecule has 3 fully saturated rings. The second-order valence-corrected chi connectivity index (χ2v) is 9.22. The summed E-state index contributed by atoms with van der Waals surface area (Å²) >= 11 is 3.43. The van der Waals surface area contributed by atoms with Crippen LogP contribution in [0, 0.1) is 5.92 Å². The van der Waals surface area contributed by atoms with Crippen molar-refractivity contribution in [3.8, 4) is 0 Å². The van der Waals surface area contributed by atoms with Crippen molar-refractivity contribution in [1.82, 2.24) is 14.9 Å². The molecule has 132 valence electrons. The summed E-state index contributed by atoms with van der Waals surface area (Å²) < 4.78 is 1.23. The lowest BCUT2D eigenvalue weighted by molar-refractivity contribution is 0.0597. The Balaban J connectivity index is 1.53. The number of thiophene rings is 1. The number of amides is 1. The molecular weight excluding hydrogens is 352 g/mol. The molecule has 2 bridgehead atoms. The van der Waals surface area contributed by atoms with Gasteiger partial charge in [0.05, 0.1) is 15.3 Å². The van der Waals surface area contributed by atoms with Crippen molar-refractivity contribution in [2.75, 3.05) is 30.3 Å². The Hall–Kier alpha value is -1.60. The van der Waals surface area contributed by atoms with Crippen LogP contribution in [-0.2, 0) is 0 Å². The molecule has 3 aliphatic heterocycles. The maximum atomic E-state index is 13.1. The fourth-order valence-electron chi connectivity index (χ4n) is 3.77. The van der Waals surface area contributed by atoms with Crippen molar-refractivity contribution < 1.29 is 4.79 Å². The molecule has 7 heteroatoms. The Labute approximate surface area is 156 Å². The molecule has 0 saturated carbocycles. The number of anilines is 1. The van der Waals surface area contributed by atoms with E-state index in [4.69, 9.17) is 0 Å². The normalized spacial score (nSPS) is 22.9. The number of hydrogen-bond acceptors (Lipinski definition) is 6. The van der Waals surface area contributed by atoms with Crippen molar-refractivity contribution >= 4 is 34.8 Å². The predicted molar refractivity (Wildman–Crippen MR) is 103 cm³/mol. The summed E-state index contributed by atoms with van der Waals surface area (Å²) in [6, 6.07) is 4.33. The van der Waals surface area contributed by atoms with Crippen molar-refractivity contribution in [2.45, 2.75) is 30.0 Å². The van der Waals surface area contributed by atoms with E-state index in [0.717, 1.165) is 42.5 Å². The van der Waals surface area contributed by atoms with Gasteiger partial charge in [-0.1, -0.05) is 6.92 Å². The molecule has 0 aliphatic carbocycles. The third kappa shape index (κ3) is 3.53. The molecule has 1 amide bonds. The Morgan fingerprint density at radius 2 is 2.20 bits per heavy atom. The second kappa shape index (κ2) is 7.33. The van der Waals surface area contributed by atoms with Gasteiger partial charge in [-0.15, -0.1) is 23.1 Å². The molecule has 2 aromatic rings. The summed E-state index contributed by atoms with van der Waals surface area (Å²) in [5.74, 6) is 2.67. The van der Waals surface area contributed by atoms with E-state index in [1.165, 1.54) is 10.6 Å². The lowest BCUT2D eigenvalue weighted by Crippen LogP contribution is -2.47. The molecule has 2 aromatic heterocycles. The topological polar surface area (TPSA) is 49.3 Å². The van der Waals surface area contributed by atoms with Gasteiger partial charge in [-0.05, 0) is 36.6 Å². The molecule has 5 nitrogen and oxygen atoms in total. The van der Waals surface area contributed by atoms with Gasteiger partial charge in [0.25, 0.3) is 5.91 Å². The van der Waals surface area contributed by atoms with E-state index in [1.54, 1.807) is 35.5 Å². The van der Waals surface area contributed by atoms with Gasteiger partial charge in [0.15, 0.2) is 0 Å². The highest BCUT2D eigenvalue weighted by molar-refractivity contribution is 8.01. The van der Waals surface area contributed by atoms with Gasteiger partial charge in [0, 0.05) is 38.1 Å². The minimum Gasteiger partial charge on any atom is -0.353 e. The molecule has 0 unspecified atom stereocenters. The number of thioether (sulfide) groups is 1. The molecule has 2 atom stereocenters. The molecule has 25 heavy (non-hydrogen) atoms. The summed E-state index contributed by atoms with van der Waals surface area (Å²) in [5, 5.41) is 0. The fourth-order valence-corrected chi connectivity index (χ4v) is 5.77. The van der Waals surface area contributed by atoms with Gasteiger partial charge in [-0.25, -0.2) is 4.98 Å². The highest BCUT2D eigenvalue weighted by atomic mass is 32.2. The van der Waals surface area contributed by atoms with Gasteiger partial charge < -0.3 is 9.80 Å². The lowest BCUT2D eigenvalue weighted by atomic mass is 9.95. The number of nitrogens with zero attached hydrogens (tertiary/aromatic N) is 4. The number of carbonyl (C=O) groups excluding carboxylic acids is 1. The van der Waals surface area contributed by atoms with Crippen LogP contribution in [-0.4, -0.2) is 52.2 Å². The molecule has 5 heterocycles. The molecular formula is C18H22N4OS2. The first-order valence-electron chi connectivity index (χ1n) is 8.79. The maximum absolute atomic E-state index is 13.1. The van der Waals surface area contributed by atoms with Crippen LogP contribution in [0.25, 0.3) is 0 Å². The van der Waals surface area contributed by atoms with E-state index in [2.05, 4.69) is 32.8 Å². The molecule has 0 spiro atoms. The van der Waals surface area contributed by atoms with Crippen molar-refractivity contribution in [3.63, 3.8) is 0 Å². The van der Waals surface area contributed by atoms with Crippen LogP contribution in [0.3, 0.4) is 0 Å². The van der Waals surface area contributed by atoms with Crippen LogP contribution < -0.4 is 4.90 Å². The Kier molecular flexibility index (Phi) is 4.94. The number of fused-ring (bicyclic) bond motifs is 4. The number of aromatic nitrogens is 2. The van der Waals surface area contributed by atoms with Crippen LogP contribution in [0.2, 0.25) is 0 Å². The van der Waals surface area contributed by atoms with Gasteiger partial charge in [-0.2, -0.15) is 0 Å². The summed E-state index contributed by atoms with van der Waals surface area (Å²) in [7, 11) is 0. The molecule has 5 rings (SSSR count). The minimum absolute atomic E-state index is 0.198. The van der Waals surface area contributed by atoms with E-state index in [9.17, 15) is 4.79 Å². The summed E-state index contributed by atoms with van der Waals surface area (Å²) in [6.45, 7) is 4.80. The summed E-state index contributed by atoms with van der Waals surface area (Å²) in [6.07, 6.45) is 7.53. The zero-order valence-electron chi connectivity index (χ0n) is 14.3. The van der Waals surface area contributed by atoms with E-state index >= 15 is 0 Å². The monoisotopic (exact) mass is 374 g/mol. The van der Waals surface area contributed by atoms with E-state index in [1.807, 2.05) is 12.3 Å². The van der Waals surface area contributed by atoms with Crippen molar-refractivity contribution in [3.05, 3.63) is 35.6 Å². The SMILES string of the molecule is CCSc1ccc(C(=O)N2C[C@H]3CC[C@@H]2CN(c2cnccn2)C3)s1. The first-order valence-corrected chi connectivity index (χ1v) is 10.6. The quantitative estimate of drug-likeness (QED) is 0.768. The largest absolute Gasteiger partial charge is 0.353 e. The Morgan fingerprint density at radius 3 is 3.00 bits per heavy atom. The second-order valence-electron chi connectivity index (χ2n) is 6.58. The maximum Gasteiger partial charge on any atom is 0.264 e. The van der Waals surface area contributed by atoms with Gasteiger partial charge >= 0.3 is 0 Å². The number of carbonyl (C=O) groups is 1. The van der Waals surface area contributed by atoms with E-state index in [-0.39, 0.29) is 11.9 Å².